The highest BCUT2D eigenvalue weighted by molar-refractivity contribution is 7.15. The number of aromatic nitrogens is 3. The molecular weight excluding hydrogens is 592 g/mol. The molecule has 3 aromatic rings. The van der Waals surface area contributed by atoms with E-state index in [1.54, 1.807) is 35.1 Å². The SMILES string of the molecule is CCOC(=O)CCN1CCN(c2cnc(C(=O)Cc3nc(-c4cc(Cl)cs4)c(CN4CCC[C@H]4CC)s3)cn2)[C@@H](C)C1. The second-order valence-electron chi connectivity index (χ2n) is 10.9. The molecule has 12 heteroatoms. The maximum atomic E-state index is 13.3. The first-order chi connectivity index (χ1) is 20.3. The Hall–Kier alpha value is -2.44. The Labute approximate surface area is 260 Å². The van der Waals surface area contributed by atoms with Crippen LogP contribution in [-0.4, -0.2) is 87.9 Å². The molecule has 9 nitrogen and oxygen atoms in total. The number of ether oxygens (including phenoxy) is 1. The zero-order valence-corrected chi connectivity index (χ0v) is 26.9. The lowest BCUT2D eigenvalue weighted by molar-refractivity contribution is -0.143. The van der Waals surface area contributed by atoms with Crippen LogP contribution in [0.3, 0.4) is 0 Å². The second-order valence-corrected chi connectivity index (χ2v) is 13.5. The number of carbonyl (C=O) groups excluding carboxylic acids is 2. The average Bonchev–Trinajstić information content (AvgIpc) is 3.72. The summed E-state index contributed by atoms with van der Waals surface area (Å²) in [6.07, 6.45) is 7.48. The molecule has 0 radical (unpaired) electrons. The molecule has 2 atom stereocenters. The molecule has 2 aliphatic rings. The number of nitrogens with zero attached hydrogens (tertiary/aromatic N) is 6. The number of rotatable bonds is 12. The molecule has 0 amide bonds. The highest BCUT2D eigenvalue weighted by atomic mass is 35.5. The van der Waals surface area contributed by atoms with E-state index in [1.165, 1.54) is 17.7 Å². The normalized spacial score (nSPS) is 19.9. The third kappa shape index (κ3) is 7.55. The van der Waals surface area contributed by atoms with Crippen LogP contribution in [0.25, 0.3) is 10.6 Å². The molecule has 0 aliphatic carbocycles. The molecule has 2 aliphatic heterocycles. The largest absolute Gasteiger partial charge is 0.466 e. The summed E-state index contributed by atoms with van der Waals surface area (Å²) in [6, 6.07) is 2.77. The first kappa shape index (κ1) is 31.0. The summed E-state index contributed by atoms with van der Waals surface area (Å²) in [5, 5.41) is 3.43. The summed E-state index contributed by atoms with van der Waals surface area (Å²) in [6.45, 7) is 11.7. The lowest BCUT2D eigenvalue weighted by atomic mass is 10.1. The van der Waals surface area contributed by atoms with Crippen molar-refractivity contribution in [3.63, 3.8) is 0 Å². The van der Waals surface area contributed by atoms with Crippen molar-refractivity contribution in [2.75, 3.05) is 44.2 Å². The number of hydrogen-bond acceptors (Lipinski definition) is 11. The first-order valence-corrected chi connectivity index (χ1v) is 16.9. The van der Waals surface area contributed by atoms with E-state index in [0.717, 1.165) is 60.5 Å². The van der Waals surface area contributed by atoms with Crippen LogP contribution >= 0.6 is 34.3 Å². The third-order valence-electron chi connectivity index (χ3n) is 8.04. The number of likely N-dealkylation sites (tertiary alicyclic amines) is 1. The number of Topliss-reactive ketones (excluding diaryl/α,β-unsaturated/α-hetero) is 1. The third-order valence-corrected chi connectivity index (χ3v) is 10.4. The molecular formula is C30H39ClN6O3S2. The Bertz CT molecular complexity index is 1360. The van der Waals surface area contributed by atoms with Gasteiger partial charge in [-0.05, 0) is 45.7 Å². The van der Waals surface area contributed by atoms with Crippen LogP contribution in [0.15, 0.2) is 23.8 Å². The van der Waals surface area contributed by atoms with Crippen molar-refractivity contribution in [1.82, 2.24) is 24.8 Å². The quantitative estimate of drug-likeness (QED) is 0.188. The number of anilines is 1. The molecule has 42 heavy (non-hydrogen) atoms. The summed E-state index contributed by atoms with van der Waals surface area (Å²) >= 11 is 9.46. The highest BCUT2D eigenvalue weighted by Gasteiger charge is 2.28. The summed E-state index contributed by atoms with van der Waals surface area (Å²) in [5.74, 6) is 0.514. The van der Waals surface area contributed by atoms with Crippen LogP contribution in [0.2, 0.25) is 5.02 Å². The number of hydrogen-bond donors (Lipinski definition) is 0. The Morgan fingerprint density at radius 2 is 2.02 bits per heavy atom. The molecule has 0 bridgehead atoms. The van der Waals surface area contributed by atoms with Gasteiger partial charge in [-0.15, -0.1) is 22.7 Å². The first-order valence-electron chi connectivity index (χ1n) is 14.8. The predicted octanol–water partition coefficient (Wildman–Crippen LogP) is 5.58. The van der Waals surface area contributed by atoms with Crippen LogP contribution in [0, 0.1) is 0 Å². The molecule has 0 unspecified atom stereocenters. The van der Waals surface area contributed by atoms with E-state index in [2.05, 4.69) is 38.5 Å². The zero-order valence-electron chi connectivity index (χ0n) is 24.6. The average molecular weight is 631 g/mol. The van der Waals surface area contributed by atoms with Gasteiger partial charge in [0.25, 0.3) is 0 Å². The van der Waals surface area contributed by atoms with E-state index >= 15 is 0 Å². The van der Waals surface area contributed by atoms with Crippen LogP contribution < -0.4 is 4.90 Å². The summed E-state index contributed by atoms with van der Waals surface area (Å²) in [4.78, 5) is 48.3. The Morgan fingerprint density at radius 3 is 2.71 bits per heavy atom. The van der Waals surface area contributed by atoms with Gasteiger partial charge in [-0.1, -0.05) is 18.5 Å². The smallest absolute Gasteiger partial charge is 0.307 e. The maximum absolute atomic E-state index is 13.3. The summed E-state index contributed by atoms with van der Waals surface area (Å²) < 4.78 is 5.05. The Morgan fingerprint density at radius 1 is 1.17 bits per heavy atom. The van der Waals surface area contributed by atoms with E-state index in [1.807, 2.05) is 18.4 Å². The monoisotopic (exact) mass is 630 g/mol. The highest BCUT2D eigenvalue weighted by Crippen LogP contribution is 2.36. The van der Waals surface area contributed by atoms with Gasteiger partial charge in [-0.3, -0.25) is 19.4 Å². The number of esters is 1. The standard InChI is InChI=1S/C30H39ClN6O3S2/c1-4-22-7-6-9-36(22)18-26-30(25-13-21(31)19-41-25)34-28(42-26)14-24(38)23-15-33-27(16-32-23)37-12-11-35(17-20(37)3)10-8-29(39)40-5-2/h13,15-16,19-20,22H,4-12,14,17-18H2,1-3H3/t20-,22+/m0/s1. The molecule has 226 valence electrons. The van der Waals surface area contributed by atoms with E-state index in [4.69, 9.17) is 21.3 Å². The molecule has 0 N–H and O–H groups in total. The lowest BCUT2D eigenvalue weighted by Gasteiger charge is -2.40. The number of carbonyl (C=O) groups is 2. The minimum absolute atomic E-state index is 0.0884. The van der Waals surface area contributed by atoms with Gasteiger partial charge >= 0.3 is 5.97 Å². The fraction of sp³-hybridized carbons (Fsp3) is 0.567. The van der Waals surface area contributed by atoms with E-state index in [9.17, 15) is 9.59 Å². The van der Waals surface area contributed by atoms with Crippen molar-refractivity contribution >= 4 is 51.8 Å². The van der Waals surface area contributed by atoms with Gasteiger partial charge in [0.2, 0.25) is 0 Å². The molecule has 3 aromatic heterocycles. The number of thiophene rings is 1. The van der Waals surface area contributed by atoms with Crippen molar-refractivity contribution in [3.8, 4) is 10.6 Å². The van der Waals surface area contributed by atoms with Crippen molar-refractivity contribution in [2.45, 2.75) is 71.5 Å². The van der Waals surface area contributed by atoms with Gasteiger partial charge in [-0.2, -0.15) is 0 Å². The van der Waals surface area contributed by atoms with E-state index < -0.39 is 0 Å². The van der Waals surface area contributed by atoms with Gasteiger partial charge in [0.1, 0.15) is 16.5 Å². The van der Waals surface area contributed by atoms with Gasteiger partial charge in [0, 0.05) is 55.1 Å². The fourth-order valence-electron chi connectivity index (χ4n) is 5.86. The summed E-state index contributed by atoms with van der Waals surface area (Å²) in [7, 11) is 0. The lowest BCUT2D eigenvalue weighted by Crippen LogP contribution is -2.52. The van der Waals surface area contributed by atoms with Crippen LogP contribution in [0.1, 0.15) is 66.8 Å². The Balaban J connectivity index is 1.22. The van der Waals surface area contributed by atoms with Gasteiger partial charge in [0.15, 0.2) is 5.78 Å². The van der Waals surface area contributed by atoms with E-state index in [-0.39, 0.29) is 24.2 Å². The second kappa shape index (κ2) is 14.4. The molecule has 2 fully saturated rings. The van der Waals surface area contributed by atoms with Gasteiger partial charge in [0.05, 0.1) is 47.4 Å². The van der Waals surface area contributed by atoms with Crippen LogP contribution in [0.4, 0.5) is 5.82 Å². The maximum Gasteiger partial charge on any atom is 0.307 e. The van der Waals surface area contributed by atoms with Crippen molar-refractivity contribution in [2.24, 2.45) is 0 Å². The topological polar surface area (TPSA) is 91.8 Å². The van der Waals surface area contributed by atoms with Crippen molar-refractivity contribution in [1.29, 1.82) is 0 Å². The van der Waals surface area contributed by atoms with E-state index in [0.29, 0.717) is 36.3 Å². The number of thiazole rings is 1. The minimum atomic E-state index is -0.156. The molecule has 0 spiro atoms. The van der Waals surface area contributed by atoms with Gasteiger partial charge < -0.3 is 9.64 Å². The molecule has 0 aromatic carbocycles. The Kier molecular flexibility index (Phi) is 10.6. The fourth-order valence-corrected chi connectivity index (χ4v) is 8.13. The van der Waals surface area contributed by atoms with Crippen LogP contribution in [0.5, 0.6) is 0 Å². The molecule has 5 heterocycles. The molecule has 5 rings (SSSR count). The zero-order chi connectivity index (χ0) is 29.6. The van der Waals surface area contributed by atoms with Crippen molar-refractivity contribution in [3.05, 3.63) is 44.4 Å². The van der Waals surface area contributed by atoms with Gasteiger partial charge in [-0.25, -0.2) is 15.0 Å². The summed E-state index contributed by atoms with van der Waals surface area (Å²) in [5.41, 5.74) is 1.29. The van der Waals surface area contributed by atoms with Crippen LogP contribution in [-0.2, 0) is 22.5 Å². The number of ketones is 1. The minimum Gasteiger partial charge on any atom is -0.466 e. The van der Waals surface area contributed by atoms with Crippen molar-refractivity contribution < 1.29 is 14.3 Å². The molecule has 2 saturated heterocycles. The number of halogens is 1. The molecule has 0 saturated carbocycles. The number of piperazine rings is 1. The predicted molar refractivity (Wildman–Crippen MR) is 169 cm³/mol.